The number of nitrogens with one attached hydrogen (secondary N) is 2. The molecule has 4 aromatic heterocycles. The van der Waals surface area contributed by atoms with Crippen molar-refractivity contribution in [1.82, 2.24) is 10.3 Å². The van der Waals surface area contributed by atoms with Crippen LogP contribution in [0.4, 0.5) is 5.13 Å². The number of anilines is 1. The molecule has 0 aliphatic carbocycles. The Morgan fingerprint density at radius 3 is 2.59 bits per heavy atom. The molecule has 0 spiro atoms. The highest BCUT2D eigenvalue weighted by Gasteiger charge is 2.13. The number of hydrogen-bond acceptors (Lipinski definition) is 7. The number of carbonyl (C=O) groups is 2. The maximum absolute atomic E-state index is 12.2. The summed E-state index contributed by atoms with van der Waals surface area (Å²) in [7, 11) is 0. The first-order valence-electron chi connectivity index (χ1n) is 8.76. The fourth-order valence-corrected chi connectivity index (χ4v) is 4.74. The number of carbonyl (C=O) groups excluding carboxylic acids is 2. The van der Waals surface area contributed by atoms with Crippen molar-refractivity contribution in [3.63, 3.8) is 0 Å². The van der Waals surface area contributed by atoms with Crippen molar-refractivity contribution in [2.45, 2.75) is 19.9 Å². The summed E-state index contributed by atoms with van der Waals surface area (Å²) in [5.74, 6) is 1.20. The van der Waals surface area contributed by atoms with Crippen LogP contribution >= 0.6 is 34.0 Å². The van der Waals surface area contributed by atoms with Crippen molar-refractivity contribution < 1.29 is 14.0 Å². The van der Waals surface area contributed by atoms with Crippen molar-refractivity contribution in [3.8, 4) is 0 Å². The Balaban J connectivity index is 1.31. The van der Waals surface area contributed by atoms with Crippen molar-refractivity contribution in [1.29, 1.82) is 0 Å². The van der Waals surface area contributed by atoms with E-state index in [4.69, 9.17) is 4.42 Å². The summed E-state index contributed by atoms with van der Waals surface area (Å²) >= 11 is 4.44. The maximum Gasteiger partial charge on any atom is 0.258 e. The molecule has 4 aromatic rings. The van der Waals surface area contributed by atoms with Crippen LogP contribution in [0.1, 0.15) is 42.0 Å². The van der Waals surface area contributed by atoms with Crippen LogP contribution in [-0.2, 0) is 13.0 Å². The van der Waals surface area contributed by atoms with Gasteiger partial charge in [0.05, 0.1) is 17.7 Å². The third-order valence-corrected chi connectivity index (χ3v) is 6.54. The van der Waals surface area contributed by atoms with Gasteiger partial charge < -0.3 is 9.73 Å². The van der Waals surface area contributed by atoms with E-state index >= 15 is 0 Å². The van der Waals surface area contributed by atoms with Crippen LogP contribution in [-0.4, -0.2) is 16.8 Å². The lowest BCUT2D eigenvalue weighted by Crippen LogP contribution is -2.21. The largest absolute Gasteiger partial charge is 0.464 e. The fraction of sp³-hybridized carbons (Fsp3) is 0.150. The summed E-state index contributed by atoms with van der Waals surface area (Å²) in [5, 5.41) is 11.7. The van der Waals surface area contributed by atoms with Gasteiger partial charge in [-0.3, -0.25) is 14.9 Å². The molecule has 148 valence electrons. The standard InChI is InChI=1S/C20H17N3O3S3/c1-12-6-13(10-28-12)18(24)22-9-16-3-2-15(26-16)8-17-7-14(11-29-17)19(25)23-20-21-4-5-27-20/h2-7,10-11H,8-9H2,1H3,(H,22,24)(H,21,23,25). The predicted octanol–water partition coefficient (Wildman–Crippen LogP) is 4.94. The van der Waals surface area contributed by atoms with Gasteiger partial charge in [0.25, 0.3) is 11.8 Å². The Morgan fingerprint density at radius 1 is 1.03 bits per heavy atom. The first-order chi connectivity index (χ1) is 14.1. The third-order valence-electron chi connectivity index (χ3n) is 4.05. The lowest BCUT2D eigenvalue weighted by atomic mass is 10.2. The van der Waals surface area contributed by atoms with Crippen molar-refractivity contribution >= 4 is 51.0 Å². The monoisotopic (exact) mass is 443 g/mol. The van der Waals surface area contributed by atoms with E-state index in [2.05, 4.69) is 15.6 Å². The van der Waals surface area contributed by atoms with E-state index in [1.807, 2.05) is 47.3 Å². The molecule has 4 rings (SSSR count). The normalized spacial score (nSPS) is 10.8. The minimum absolute atomic E-state index is 0.110. The number of rotatable bonds is 7. The van der Waals surface area contributed by atoms with Crippen LogP contribution < -0.4 is 10.6 Å². The number of thiophene rings is 2. The molecule has 0 atom stereocenters. The molecule has 9 heteroatoms. The van der Waals surface area contributed by atoms with Gasteiger partial charge in [0.1, 0.15) is 11.5 Å². The molecule has 0 saturated heterocycles. The van der Waals surface area contributed by atoms with Crippen LogP contribution in [0.15, 0.2) is 51.0 Å². The topological polar surface area (TPSA) is 84.2 Å². The zero-order valence-corrected chi connectivity index (χ0v) is 17.9. The van der Waals surface area contributed by atoms with Gasteiger partial charge in [-0.2, -0.15) is 0 Å². The number of thiazole rings is 1. The molecule has 0 unspecified atom stereocenters. The lowest BCUT2D eigenvalue weighted by Gasteiger charge is -2.01. The zero-order valence-electron chi connectivity index (χ0n) is 15.4. The zero-order chi connectivity index (χ0) is 20.2. The fourth-order valence-electron chi connectivity index (χ4n) is 2.66. The molecule has 0 bridgehead atoms. The van der Waals surface area contributed by atoms with Crippen LogP contribution in [0.5, 0.6) is 0 Å². The molecule has 0 fully saturated rings. The third kappa shape index (κ3) is 5.00. The minimum Gasteiger partial charge on any atom is -0.464 e. The van der Waals surface area contributed by atoms with Gasteiger partial charge in [-0.05, 0) is 31.2 Å². The molecule has 0 radical (unpaired) electrons. The summed E-state index contributed by atoms with van der Waals surface area (Å²) in [5.41, 5.74) is 1.27. The molecular formula is C20H17N3O3S3. The number of nitrogens with zero attached hydrogens (tertiary/aromatic N) is 1. The van der Waals surface area contributed by atoms with Gasteiger partial charge in [-0.25, -0.2) is 4.98 Å². The van der Waals surface area contributed by atoms with Crippen molar-refractivity contribution in [2.75, 3.05) is 5.32 Å². The van der Waals surface area contributed by atoms with E-state index in [0.29, 0.717) is 35.0 Å². The van der Waals surface area contributed by atoms with Gasteiger partial charge in [0, 0.05) is 38.5 Å². The number of amides is 2. The summed E-state index contributed by atoms with van der Waals surface area (Å²) in [4.78, 5) is 30.6. The van der Waals surface area contributed by atoms with E-state index in [-0.39, 0.29) is 11.8 Å². The molecule has 0 aromatic carbocycles. The Hall–Kier alpha value is -2.75. The molecule has 29 heavy (non-hydrogen) atoms. The number of furan rings is 1. The summed E-state index contributed by atoms with van der Waals surface area (Å²) in [6.45, 7) is 2.30. The van der Waals surface area contributed by atoms with Crippen LogP contribution in [0, 0.1) is 6.92 Å². The van der Waals surface area contributed by atoms with E-state index in [9.17, 15) is 9.59 Å². The summed E-state index contributed by atoms with van der Waals surface area (Å²) in [6, 6.07) is 7.48. The van der Waals surface area contributed by atoms with Crippen LogP contribution in [0.25, 0.3) is 0 Å². The molecule has 4 heterocycles. The maximum atomic E-state index is 12.2. The van der Waals surface area contributed by atoms with E-state index < -0.39 is 0 Å². The molecule has 0 aliphatic rings. The molecule has 0 aliphatic heterocycles. The second-order valence-electron chi connectivity index (χ2n) is 6.27. The quantitative estimate of drug-likeness (QED) is 0.424. The highest BCUT2D eigenvalue weighted by Crippen LogP contribution is 2.22. The van der Waals surface area contributed by atoms with Gasteiger partial charge in [-0.1, -0.05) is 0 Å². The first-order valence-corrected chi connectivity index (χ1v) is 11.4. The minimum atomic E-state index is -0.172. The number of hydrogen-bond donors (Lipinski definition) is 2. The number of aryl methyl sites for hydroxylation is 1. The van der Waals surface area contributed by atoms with E-state index in [1.165, 1.54) is 22.7 Å². The molecule has 2 amide bonds. The Morgan fingerprint density at radius 2 is 1.83 bits per heavy atom. The highest BCUT2D eigenvalue weighted by molar-refractivity contribution is 7.13. The Kier molecular flexibility index (Phi) is 5.89. The van der Waals surface area contributed by atoms with Crippen molar-refractivity contribution in [2.24, 2.45) is 0 Å². The van der Waals surface area contributed by atoms with Crippen molar-refractivity contribution in [3.05, 3.63) is 79.0 Å². The average molecular weight is 444 g/mol. The molecular weight excluding hydrogens is 426 g/mol. The molecule has 6 nitrogen and oxygen atoms in total. The van der Waals surface area contributed by atoms with Gasteiger partial charge in [0.2, 0.25) is 0 Å². The van der Waals surface area contributed by atoms with E-state index in [0.717, 1.165) is 15.5 Å². The summed E-state index contributed by atoms with van der Waals surface area (Å²) < 4.78 is 5.82. The predicted molar refractivity (Wildman–Crippen MR) is 116 cm³/mol. The van der Waals surface area contributed by atoms with Crippen LogP contribution in [0.2, 0.25) is 0 Å². The van der Waals surface area contributed by atoms with E-state index in [1.54, 1.807) is 17.5 Å². The van der Waals surface area contributed by atoms with Gasteiger partial charge >= 0.3 is 0 Å². The Bertz CT molecular complexity index is 1120. The Labute approximate surface area is 179 Å². The van der Waals surface area contributed by atoms with Crippen LogP contribution in [0.3, 0.4) is 0 Å². The SMILES string of the molecule is Cc1cc(C(=O)NCc2ccc(Cc3cc(C(=O)Nc4nccs4)cs3)o2)cs1. The van der Waals surface area contributed by atoms with Gasteiger partial charge in [0.15, 0.2) is 5.13 Å². The highest BCUT2D eigenvalue weighted by atomic mass is 32.1. The second-order valence-corrected chi connectivity index (χ2v) is 9.27. The van der Waals surface area contributed by atoms with Gasteiger partial charge in [-0.15, -0.1) is 34.0 Å². The summed E-state index contributed by atoms with van der Waals surface area (Å²) in [6.07, 6.45) is 2.24. The smallest absolute Gasteiger partial charge is 0.258 e. The second kappa shape index (κ2) is 8.73. The lowest BCUT2D eigenvalue weighted by molar-refractivity contribution is 0.0947. The molecule has 0 saturated carbocycles. The average Bonchev–Trinajstić information content (AvgIpc) is 3.48. The first kappa shape index (κ1) is 19.6. The molecule has 2 N–H and O–H groups in total. The number of aromatic nitrogens is 1.